The Morgan fingerprint density at radius 3 is 2.62 bits per heavy atom. The molecule has 0 bridgehead atoms. The molecular weight excluding hydrogens is 136 g/mol. The van der Waals surface area contributed by atoms with E-state index in [-0.39, 0.29) is 0 Å². The minimum atomic E-state index is -0.879. The number of rotatable bonds is 4. The molecule has 0 aromatic carbocycles. The summed E-state index contributed by atoms with van der Waals surface area (Å²) < 4.78 is 10.4. The first-order valence-electron chi connectivity index (χ1n) is 2.61. The maximum Gasteiger partial charge on any atom is 0.369 e. The third kappa shape index (κ3) is 4.51. The molecule has 0 spiro atoms. The van der Waals surface area contributed by atoms with Gasteiger partial charge in [-0.3, -0.25) is 0 Å². The van der Waals surface area contributed by atoms with Crippen LogP contribution < -0.4 is 0 Å². The summed E-state index contributed by atoms with van der Waals surface area (Å²) in [4.78, 5) is 0. The van der Waals surface area contributed by atoms with Gasteiger partial charge in [0.25, 0.3) is 0 Å². The summed E-state index contributed by atoms with van der Waals surface area (Å²) >= 11 is 0. The summed E-state index contributed by atoms with van der Waals surface area (Å²) in [5.41, 5.74) is 0. The zero-order chi connectivity index (χ0) is 6.41. The Labute approximate surface area is 55.0 Å². The highest BCUT2D eigenvalue weighted by Gasteiger charge is 2.02. The molecule has 0 rings (SSSR count). The summed E-state index contributed by atoms with van der Waals surface area (Å²) in [7, 11) is -0.311. The van der Waals surface area contributed by atoms with Gasteiger partial charge in [-0.25, -0.2) is 0 Å². The molecule has 0 amide bonds. The van der Waals surface area contributed by atoms with Crippen LogP contribution in [0.4, 0.5) is 0 Å². The van der Waals surface area contributed by atoms with E-state index in [1.54, 1.807) is 0 Å². The fourth-order valence-electron chi connectivity index (χ4n) is 0.376. The van der Waals surface area contributed by atoms with Crippen molar-refractivity contribution in [3.63, 3.8) is 0 Å². The van der Waals surface area contributed by atoms with Gasteiger partial charge >= 0.3 is 9.28 Å². The first kappa shape index (κ1) is 8.35. The van der Waals surface area contributed by atoms with Crippen molar-refractivity contribution in [2.75, 3.05) is 6.61 Å². The van der Waals surface area contributed by atoms with Crippen LogP contribution in [-0.4, -0.2) is 25.7 Å². The lowest BCUT2D eigenvalue weighted by molar-refractivity contribution is 0.292. The lowest BCUT2D eigenvalue weighted by Gasteiger charge is -2.05. The van der Waals surface area contributed by atoms with E-state index in [2.05, 4.69) is 0 Å². The van der Waals surface area contributed by atoms with Gasteiger partial charge in [0, 0.05) is 6.61 Å². The van der Waals surface area contributed by atoms with Crippen LogP contribution in [0.25, 0.3) is 0 Å². The molecule has 0 atom stereocenters. The minimum Gasteiger partial charge on any atom is -0.435 e. The Hall–Kier alpha value is 0.354. The van der Waals surface area contributed by atoms with Gasteiger partial charge < -0.3 is 8.54 Å². The van der Waals surface area contributed by atoms with Gasteiger partial charge in [-0.1, -0.05) is 0 Å². The molecule has 0 saturated carbocycles. The van der Waals surface area contributed by atoms with E-state index in [1.165, 1.54) is 0 Å². The maximum absolute atomic E-state index is 5.19. The standard InChI is InChI=1S/C4H11O2Si2/c1-4-5-8(3)6-7-2/h4H2,1-3H3. The Balaban J connectivity index is 2.92. The molecule has 0 aliphatic carbocycles. The highest BCUT2D eigenvalue weighted by Crippen LogP contribution is 1.84. The molecule has 8 heavy (non-hydrogen) atoms. The Bertz CT molecular complexity index is 45.3. The van der Waals surface area contributed by atoms with Crippen LogP contribution in [0.3, 0.4) is 0 Å². The molecule has 0 saturated heterocycles. The first-order valence-corrected chi connectivity index (χ1v) is 5.83. The van der Waals surface area contributed by atoms with E-state index in [9.17, 15) is 0 Å². The molecule has 4 heteroatoms. The van der Waals surface area contributed by atoms with Gasteiger partial charge in [0.1, 0.15) is 0 Å². The predicted molar refractivity (Wildman–Crippen MR) is 35.9 cm³/mol. The van der Waals surface area contributed by atoms with Crippen LogP contribution in [0.5, 0.6) is 0 Å². The van der Waals surface area contributed by atoms with Crippen LogP contribution in [0.2, 0.25) is 13.1 Å². The summed E-state index contributed by atoms with van der Waals surface area (Å²) in [6.45, 7) is 6.77. The minimum absolute atomic E-state index is 0.568. The second-order valence-electron chi connectivity index (χ2n) is 1.23. The van der Waals surface area contributed by atoms with Crippen molar-refractivity contribution in [1.82, 2.24) is 0 Å². The monoisotopic (exact) mass is 147 g/mol. The van der Waals surface area contributed by atoms with E-state index >= 15 is 0 Å². The SMILES string of the molecule is CCO[Si](C)O[Si]C. The van der Waals surface area contributed by atoms with Crippen LogP contribution >= 0.6 is 0 Å². The van der Waals surface area contributed by atoms with Crippen LogP contribution in [0.15, 0.2) is 0 Å². The first-order chi connectivity index (χ1) is 3.81. The Morgan fingerprint density at radius 2 is 2.25 bits per heavy atom. The third-order valence-corrected chi connectivity index (χ3v) is 3.25. The molecule has 2 nitrogen and oxygen atoms in total. The fourth-order valence-corrected chi connectivity index (χ4v) is 2.17. The van der Waals surface area contributed by atoms with E-state index in [1.807, 2.05) is 20.0 Å². The van der Waals surface area contributed by atoms with Crippen molar-refractivity contribution < 1.29 is 8.54 Å². The molecule has 0 fully saturated rings. The lowest BCUT2D eigenvalue weighted by atomic mass is 10.9. The topological polar surface area (TPSA) is 18.5 Å². The zero-order valence-electron chi connectivity index (χ0n) is 5.52. The molecule has 3 radical (unpaired) electrons. The third-order valence-electron chi connectivity index (χ3n) is 0.593. The van der Waals surface area contributed by atoms with Crippen molar-refractivity contribution in [2.45, 2.75) is 20.0 Å². The quantitative estimate of drug-likeness (QED) is 0.548. The van der Waals surface area contributed by atoms with Crippen LogP contribution in [0, 0.1) is 0 Å². The predicted octanol–water partition coefficient (Wildman–Crippen LogP) is 0.825. The molecule has 0 aromatic rings. The second-order valence-corrected chi connectivity index (χ2v) is 3.73. The van der Waals surface area contributed by atoms with Gasteiger partial charge in [-0.15, -0.1) is 0 Å². The van der Waals surface area contributed by atoms with Gasteiger partial charge in [0.2, 0.25) is 9.76 Å². The van der Waals surface area contributed by atoms with Crippen molar-refractivity contribution >= 4 is 19.0 Å². The largest absolute Gasteiger partial charge is 0.435 e. The van der Waals surface area contributed by atoms with E-state index in [0.29, 0.717) is 9.76 Å². The highest BCUT2D eigenvalue weighted by atomic mass is 28.4. The van der Waals surface area contributed by atoms with Crippen molar-refractivity contribution in [3.8, 4) is 0 Å². The lowest BCUT2D eigenvalue weighted by Crippen LogP contribution is -2.19. The molecule has 0 aromatic heterocycles. The second kappa shape index (κ2) is 5.49. The molecule has 0 N–H and O–H groups in total. The average Bonchev–Trinajstić information content (AvgIpc) is 1.68. The van der Waals surface area contributed by atoms with Crippen molar-refractivity contribution in [2.24, 2.45) is 0 Å². The maximum atomic E-state index is 5.19. The van der Waals surface area contributed by atoms with Crippen molar-refractivity contribution in [1.29, 1.82) is 0 Å². The van der Waals surface area contributed by atoms with Gasteiger partial charge in [-0.2, -0.15) is 0 Å². The summed E-state index contributed by atoms with van der Waals surface area (Å²) in [6, 6.07) is 0. The van der Waals surface area contributed by atoms with Gasteiger partial charge in [0.05, 0.1) is 0 Å². The molecular formula is C4H11O2Si2. The van der Waals surface area contributed by atoms with E-state index < -0.39 is 9.28 Å². The molecule has 0 unspecified atom stereocenters. The van der Waals surface area contributed by atoms with Crippen LogP contribution in [-0.2, 0) is 8.54 Å². The smallest absolute Gasteiger partial charge is 0.369 e. The number of hydrogen-bond acceptors (Lipinski definition) is 2. The highest BCUT2D eigenvalue weighted by molar-refractivity contribution is 6.51. The molecule has 47 valence electrons. The van der Waals surface area contributed by atoms with Crippen LogP contribution in [0.1, 0.15) is 6.92 Å². The van der Waals surface area contributed by atoms with E-state index in [0.717, 1.165) is 6.61 Å². The molecule has 0 heterocycles. The summed E-state index contributed by atoms with van der Waals surface area (Å²) in [5, 5.41) is 0. The molecule has 0 aliphatic rings. The summed E-state index contributed by atoms with van der Waals surface area (Å²) in [6.07, 6.45) is 0. The molecule has 0 aliphatic heterocycles. The van der Waals surface area contributed by atoms with Gasteiger partial charge in [-0.05, 0) is 20.0 Å². The normalized spacial score (nSPS) is 10.5. The van der Waals surface area contributed by atoms with E-state index in [4.69, 9.17) is 8.54 Å². The van der Waals surface area contributed by atoms with Crippen molar-refractivity contribution in [3.05, 3.63) is 0 Å². The fraction of sp³-hybridized carbons (Fsp3) is 1.00. The number of hydrogen-bond donors (Lipinski definition) is 0. The zero-order valence-corrected chi connectivity index (χ0v) is 7.52. The van der Waals surface area contributed by atoms with Gasteiger partial charge in [0.15, 0.2) is 0 Å². The Kier molecular flexibility index (Phi) is 5.73. The Morgan fingerprint density at radius 1 is 1.62 bits per heavy atom. The average molecular weight is 147 g/mol. The summed E-state index contributed by atoms with van der Waals surface area (Å²) in [5.74, 6) is 0.